The highest BCUT2D eigenvalue weighted by Gasteiger charge is 2.31. The molecule has 4 aromatic rings. The molecule has 0 bridgehead atoms. The first-order valence-electron chi connectivity index (χ1n) is 11.9. The lowest BCUT2D eigenvalue weighted by molar-refractivity contribution is 0.170. The fourth-order valence-corrected chi connectivity index (χ4v) is 5.23. The summed E-state index contributed by atoms with van der Waals surface area (Å²) in [7, 11) is 3.39. The number of hydrogen-bond acceptors (Lipinski definition) is 6. The maximum atomic E-state index is 6.51. The van der Waals surface area contributed by atoms with Crippen molar-refractivity contribution in [2.45, 2.75) is 25.9 Å². The van der Waals surface area contributed by atoms with Crippen LogP contribution in [0.15, 0.2) is 43.0 Å². The number of aromatic nitrogens is 4. The number of nitrogens with zero attached hydrogens (tertiary/aromatic N) is 4. The molecule has 1 atom stereocenters. The molecule has 0 radical (unpaired) electrons. The number of methoxy groups -OCH3 is 2. The van der Waals surface area contributed by atoms with Gasteiger partial charge in [0.15, 0.2) is 11.5 Å². The fourth-order valence-electron chi connectivity index (χ4n) is 5.04. The molecule has 0 spiro atoms. The van der Waals surface area contributed by atoms with Crippen LogP contribution in [0.1, 0.15) is 28.4 Å². The van der Waals surface area contributed by atoms with Crippen LogP contribution >= 0.6 is 36.4 Å². The zero-order valence-electron chi connectivity index (χ0n) is 21.2. The molecule has 1 aliphatic heterocycles. The lowest BCUT2D eigenvalue weighted by atomic mass is 9.91. The minimum absolute atomic E-state index is 0. The van der Waals surface area contributed by atoms with Crippen LogP contribution in [0.25, 0.3) is 10.9 Å². The molecular formula is C26H33Cl3N6O2. The standard InChI is InChI=1S/C26H31ClN6O2.2ClH/c1-17-18(5-4-6-21(17)27)11-23(32-9-7-28-8-10-32)25-20-14-31-33(15-19-13-29-16-30-19)22(20)12-24(34-2)26(25)35-3;;/h4-6,12-14,16,23,28H,7-11,15H2,1-3H3,(H,29,30);2*1H. The van der Waals surface area contributed by atoms with E-state index in [0.717, 1.165) is 71.1 Å². The molecule has 1 fully saturated rings. The van der Waals surface area contributed by atoms with E-state index in [0.29, 0.717) is 12.3 Å². The molecule has 200 valence electrons. The lowest BCUT2D eigenvalue weighted by Gasteiger charge is -2.36. The van der Waals surface area contributed by atoms with Crippen molar-refractivity contribution < 1.29 is 9.47 Å². The van der Waals surface area contributed by atoms with Gasteiger partial charge in [0.1, 0.15) is 0 Å². The number of benzene rings is 2. The van der Waals surface area contributed by atoms with Gasteiger partial charge in [-0.05, 0) is 30.5 Å². The monoisotopic (exact) mass is 566 g/mol. The number of halogens is 3. The SMILES string of the molecule is COc1cc2c(cnn2Cc2c[nH]cn2)c(C(Cc2cccc(Cl)c2C)N2CCNCC2)c1OC.Cl.Cl. The van der Waals surface area contributed by atoms with E-state index in [1.165, 1.54) is 5.56 Å². The summed E-state index contributed by atoms with van der Waals surface area (Å²) in [4.78, 5) is 9.93. The molecule has 1 unspecified atom stereocenters. The van der Waals surface area contributed by atoms with Gasteiger partial charge in [0.25, 0.3) is 0 Å². The molecule has 2 aromatic carbocycles. The summed E-state index contributed by atoms with van der Waals surface area (Å²) in [5.74, 6) is 1.45. The van der Waals surface area contributed by atoms with Gasteiger partial charge < -0.3 is 19.8 Å². The van der Waals surface area contributed by atoms with Crippen molar-refractivity contribution in [2.75, 3.05) is 40.4 Å². The van der Waals surface area contributed by atoms with Crippen molar-refractivity contribution >= 4 is 47.3 Å². The highest BCUT2D eigenvalue weighted by Crippen LogP contribution is 2.44. The summed E-state index contributed by atoms with van der Waals surface area (Å²) < 4.78 is 13.8. The van der Waals surface area contributed by atoms with Gasteiger partial charge in [0, 0.05) is 60.5 Å². The van der Waals surface area contributed by atoms with E-state index >= 15 is 0 Å². The molecule has 1 saturated heterocycles. The average Bonchev–Trinajstić information content (AvgIpc) is 3.55. The fraction of sp³-hybridized carbons (Fsp3) is 0.385. The van der Waals surface area contributed by atoms with Gasteiger partial charge in [-0.25, -0.2) is 4.98 Å². The summed E-state index contributed by atoms with van der Waals surface area (Å²) in [5.41, 5.74) is 5.34. The number of aromatic amines is 1. The molecule has 2 aromatic heterocycles. The molecule has 37 heavy (non-hydrogen) atoms. The predicted molar refractivity (Wildman–Crippen MR) is 152 cm³/mol. The molecule has 0 amide bonds. The highest BCUT2D eigenvalue weighted by atomic mass is 35.5. The van der Waals surface area contributed by atoms with Gasteiger partial charge in [0.2, 0.25) is 0 Å². The third kappa shape index (κ3) is 5.84. The Balaban J connectivity index is 0.00000190. The largest absolute Gasteiger partial charge is 0.493 e. The van der Waals surface area contributed by atoms with Crippen LogP contribution in [0.5, 0.6) is 11.5 Å². The Kier molecular flexibility index (Phi) is 10.1. The van der Waals surface area contributed by atoms with Crippen LogP contribution in [0.4, 0.5) is 0 Å². The lowest BCUT2D eigenvalue weighted by Crippen LogP contribution is -2.45. The number of nitrogens with one attached hydrogen (secondary N) is 2. The summed E-state index contributed by atoms with van der Waals surface area (Å²) in [6.07, 6.45) is 6.32. The molecule has 2 N–H and O–H groups in total. The Morgan fingerprint density at radius 3 is 2.59 bits per heavy atom. The molecule has 1 aliphatic rings. The van der Waals surface area contributed by atoms with E-state index in [-0.39, 0.29) is 30.9 Å². The van der Waals surface area contributed by atoms with Gasteiger partial charge in [-0.1, -0.05) is 23.7 Å². The summed E-state index contributed by atoms with van der Waals surface area (Å²) in [6, 6.07) is 8.21. The van der Waals surface area contributed by atoms with E-state index < -0.39 is 0 Å². The van der Waals surface area contributed by atoms with Gasteiger partial charge in [-0.3, -0.25) is 9.58 Å². The van der Waals surface area contributed by atoms with Crippen molar-refractivity contribution in [3.05, 3.63) is 70.4 Å². The topological polar surface area (TPSA) is 80.2 Å². The van der Waals surface area contributed by atoms with E-state index in [1.54, 1.807) is 20.5 Å². The van der Waals surface area contributed by atoms with Crippen LogP contribution in [0.3, 0.4) is 0 Å². The maximum absolute atomic E-state index is 6.51. The van der Waals surface area contributed by atoms with E-state index in [2.05, 4.69) is 33.2 Å². The first-order chi connectivity index (χ1) is 17.1. The van der Waals surface area contributed by atoms with Crippen LogP contribution in [-0.2, 0) is 13.0 Å². The normalized spacial score (nSPS) is 14.6. The number of fused-ring (bicyclic) bond motifs is 1. The van der Waals surface area contributed by atoms with Crippen molar-refractivity contribution in [3.63, 3.8) is 0 Å². The number of imidazole rings is 1. The molecule has 5 rings (SSSR count). The minimum Gasteiger partial charge on any atom is -0.493 e. The Morgan fingerprint density at radius 2 is 1.92 bits per heavy atom. The Labute approximate surface area is 234 Å². The smallest absolute Gasteiger partial charge is 0.166 e. The van der Waals surface area contributed by atoms with Gasteiger partial charge in [-0.2, -0.15) is 5.10 Å². The number of ether oxygens (including phenoxy) is 2. The number of rotatable bonds is 8. The van der Waals surface area contributed by atoms with Crippen LogP contribution in [0.2, 0.25) is 5.02 Å². The van der Waals surface area contributed by atoms with Gasteiger partial charge in [-0.15, -0.1) is 24.8 Å². The molecule has 0 aliphatic carbocycles. The Bertz CT molecular complexity index is 1310. The second kappa shape index (κ2) is 12.8. The van der Waals surface area contributed by atoms with E-state index in [1.807, 2.05) is 35.3 Å². The summed E-state index contributed by atoms with van der Waals surface area (Å²) in [5, 5.41) is 10.1. The van der Waals surface area contributed by atoms with Crippen molar-refractivity contribution in [1.82, 2.24) is 30.0 Å². The molecule has 3 heterocycles. The van der Waals surface area contributed by atoms with Gasteiger partial charge in [0.05, 0.1) is 44.5 Å². The Hall–Kier alpha value is -2.49. The number of H-pyrrole nitrogens is 1. The third-order valence-corrected chi connectivity index (χ3v) is 7.33. The zero-order valence-corrected chi connectivity index (χ0v) is 23.6. The number of hydrogen-bond donors (Lipinski definition) is 2. The first-order valence-corrected chi connectivity index (χ1v) is 12.2. The van der Waals surface area contributed by atoms with Crippen LogP contribution in [0, 0.1) is 6.92 Å². The summed E-state index contributed by atoms with van der Waals surface area (Å²) in [6.45, 7) is 6.42. The molecule has 8 nitrogen and oxygen atoms in total. The van der Waals surface area contributed by atoms with Gasteiger partial charge >= 0.3 is 0 Å². The minimum atomic E-state index is 0. The first kappa shape index (κ1) is 29.1. The molecule has 11 heteroatoms. The number of piperazine rings is 1. The second-order valence-electron chi connectivity index (χ2n) is 8.85. The highest BCUT2D eigenvalue weighted by molar-refractivity contribution is 6.31. The van der Waals surface area contributed by atoms with Crippen LogP contribution in [-0.4, -0.2) is 65.0 Å². The van der Waals surface area contributed by atoms with E-state index in [9.17, 15) is 0 Å². The maximum Gasteiger partial charge on any atom is 0.166 e. The zero-order chi connectivity index (χ0) is 24.4. The van der Waals surface area contributed by atoms with Crippen molar-refractivity contribution in [1.29, 1.82) is 0 Å². The van der Waals surface area contributed by atoms with E-state index in [4.69, 9.17) is 26.2 Å². The van der Waals surface area contributed by atoms with Crippen molar-refractivity contribution in [3.8, 4) is 11.5 Å². The van der Waals surface area contributed by atoms with Crippen LogP contribution < -0.4 is 14.8 Å². The van der Waals surface area contributed by atoms with Crippen molar-refractivity contribution in [2.24, 2.45) is 0 Å². The third-order valence-electron chi connectivity index (χ3n) is 6.92. The molecular weight excluding hydrogens is 535 g/mol. The Morgan fingerprint density at radius 1 is 1.14 bits per heavy atom. The predicted octanol–water partition coefficient (Wildman–Crippen LogP) is 4.82. The summed E-state index contributed by atoms with van der Waals surface area (Å²) >= 11 is 6.51. The quantitative estimate of drug-likeness (QED) is 0.318. The molecule has 0 saturated carbocycles. The second-order valence-corrected chi connectivity index (χ2v) is 9.26. The average molecular weight is 568 g/mol.